The van der Waals surface area contributed by atoms with Gasteiger partial charge in [-0.3, -0.25) is 9.59 Å². The quantitative estimate of drug-likeness (QED) is 0.357. The number of amides is 2. The van der Waals surface area contributed by atoms with Crippen LogP contribution in [0.2, 0.25) is 0 Å². The van der Waals surface area contributed by atoms with Crippen molar-refractivity contribution in [1.82, 2.24) is 10.2 Å². The summed E-state index contributed by atoms with van der Waals surface area (Å²) in [7, 11) is 0. The van der Waals surface area contributed by atoms with Gasteiger partial charge in [-0.05, 0) is 42.2 Å². The van der Waals surface area contributed by atoms with Crippen LogP contribution in [0.5, 0.6) is 0 Å². The van der Waals surface area contributed by atoms with Crippen LogP contribution in [0.3, 0.4) is 0 Å². The van der Waals surface area contributed by atoms with Crippen molar-refractivity contribution in [2.45, 2.75) is 51.1 Å². The van der Waals surface area contributed by atoms with E-state index in [4.69, 9.17) is 0 Å². The van der Waals surface area contributed by atoms with E-state index in [1.54, 1.807) is 17.0 Å². The summed E-state index contributed by atoms with van der Waals surface area (Å²) in [5.74, 6) is 0.333. The van der Waals surface area contributed by atoms with Gasteiger partial charge in [0.1, 0.15) is 11.9 Å². The second kappa shape index (κ2) is 13.7. The van der Waals surface area contributed by atoms with Gasteiger partial charge in [-0.1, -0.05) is 79.7 Å². The molecule has 0 bridgehead atoms. The van der Waals surface area contributed by atoms with Crippen molar-refractivity contribution >= 4 is 23.6 Å². The van der Waals surface area contributed by atoms with Crippen LogP contribution in [-0.2, 0) is 28.3 Å². The highest BCUT2D eigenvalue weighted by Crippen LogP contribution is 2.19. The highest BCUT2D eigenvalue weighted by molar-refractivity contribution is 7.99. The molecule has 0 aliphatic heterocycles. The van der Waals surface area contributed by atoms with Crippen molar-refractivity contribution in [1.29, 1.82) is 0 Å². The minimum atomic E-state index is -0.679. The lowest BCUT2D eigenvalue weighted by Gasteiger charge is -2.32. The van der Waals surface area contributed by atoms with Gasteiger partial charge in [0.2, 0.25) is 11.8 Å². The van der Waals surface area contributed by atoms with E-state index >= 15 is 0 Å². The molecule has 3 aromatic carbocycles. The second-order valence-electron chi connectivity index (χ2n) is 8.65. The van der Waals surface area contributed by atoms with E-state index in [1.807, 2.05) is 74.5 Å². The molecule has 35 heavy (non-hydrogen) atoms. The zero-order chi connectivity index (χ0) is 25.0. The average molecular weight is 493 g/mol. The fraction of sp³-hybridized carbons (Fsp3) is 0.310. The number of rotatable bonds is 12. The van der Waals surface area contributed by atoms with E-state index in [1.165, 1.54) is 23.9 Å². The third-order valence-electron chi connectivity index (χ3n) is 5.88. The third kappa shape index (κ3) is 8.55. The van der Waals surface area contributed by atoms with Crippen LogP contribution in [0.4, 0.5) is 4.39 Å². The van der Waals surface area contributed by atoms with Crippen LogP contribution in [0, 0.1) is 5.82 Å². The first-order chi connectivity index (χ1) is 17.0. The standard InChI is InChI=1S/C29H33FN2O2S/c1-3-22(2)31-29(34)27(18-23-10-6-4-7-11-23)32(19-24-14-16-26(30)17-15-24)28(33)21-35-20-25-12-8-5-9-13-25/h4-17,22,27H,3,18-21H2,1-2H3,(H,31,34)/t22-,27+/m0/s1. The van der Waals surface area contributed by atoms with Crippen LogP contribution in [0.25, 0.3) is 0 Å². The zero-order valence-corrected chi connectivity index (χ0v) is 21.1. The Labute approximate surface area is 211 Å². The first-order valence-corrected chi connectivity index (χ1v) is 13.1. The molecule has 0 aliphatic carbocycles. The van der Waals surface area contributed by atoms with Gasteiger partial charge in [0.15, 0.2) is 0 Å². The Balaban J connectivity index is 1.85. The van der Waals surface area contributed by atoms with Crippen LogP contribution in [0.15, 0.2) is 84.9 Å². The molecule has 0 aromatic heterocycles. The summed E-state index contributed by atoms with van der Waals surface area (Å²) in [6.45, 7) is 4.20. The predicted molar refractivity (Wildman–Crippen MR) is 141 cm³/mol. The van der Waals surface area contributed by atoms with Gasteiger partial charge in [0.25, 0.3) is 0 Å². The molecule has 0 spiro atoms. The molecule has 2 atom stereocenters. The number of thioether (sulfide) groups is 1. The molecule has 3 aromatic rings. The number of benzene rings is 3. The van der Waals surface area contributed by atoms with Crippen LogP contribution in [0.1, 0.15) is 37.0 Å². The maximum absolute atomic E-state index is 13.5. The molecule has 3 rings (SSSR count). The summed E-state index contributed by atoms with van der Waals surface area (Å²) < 4.78 is 13.5. The van der Waals surface area contributed by atoms with E-state index in [0.717, 1.165) is 23.1 Å². The lowest BCUT2D eigenvalue weighted by molar-refractivity contribution is -0.139. The number of halogens is 1. The molecule has 0 saturated heterocycles. The predicted octanol–water partition coefficient (Wildman–Crippen LogP) is 5.61. The van der Waals surface area contributed by atoms with E-state index in [9.17, 15) is 14.0 Å². The van der Waals surface area contributed by atoms with Crippen molar-refractivity contribution in [3.05, 3.63) is 107 Å². The molecule has 0 heterocycles. The van der Waals surface area contributed by atoms with Gasteiger partial charge in [-0.15, -0.1) is 11.8 Å². The molecule has 6 heteroatoms. The summed E-state index contributed by atoms with van der Waals surface area (Å²) in [6, 6.07) is 25.1. The molecule has 1 N–H and O–H groups in total. The number of carbonyl (C=O) groups is 2. The Morgan fingerprint density at radius 2 is 1.49 bits per heavy atom. The number of hydrogen-bond donors (Lipinski definition) is 1. The monoisotopic (exact) mass is 492 g/mol. The van der Waals surface area contributed by atoms with Crippen molar-refractivity contribution < 1.29 is 14.0 Å². The Bertz CT molecular complexity index is 1060. The van der Waals surface area contributed by atoms with E-state index in [2.05, 4.69) is 5.32 Å². The lowest BCUT2D eigenvalue weighted by atomic mass is 10.0. The zero-order valence-electron chi connectivity index (χ0n) is 20.3. The van der Waals surface area contributed by atoms with Crippen LogP contribution < -0.4 is 5.32 Å². The number of carbonyl (C=O) groups excluding carboxylic acids is 2. The lowest BCUT2D eigenvalue weighted by Crippen LogP contribution is -2.52. The molecule has 2 amide bonds. The van der Waals surface area contributed by atoms with Crippen molar-refractivity contribution in [3.8, 4) is 0 Å². The normalized spacial score (nSPS) is 12.5. The van der Waals surface area contributed by atoms with E-state index in [-0.39, 0.29) is 36.0 Å². The Morgan fingerprint density at radius 1 is 0.886 bits per heavy atom. The van der Waals surface area contributed by atoms with Crippen molar-refractivity contribution in [3.63, 3.8) is 0 Å². The highest BCUT2D eigenvalue weighted by Gasteiger charge is 2.30. The first-order valence-electron chi connectivity index (χ1n) is 12.0. The van der Waals surface area contributed by atoms with Crippen LogP contribution >= 0.6 is 11.8 Å². The van der Waals surface area contributed by atoms with Gasteiger partial charge in [0.05, 0.1) is 5.75 Å². The summed E-state index contributed by atoms with van der Waals surface area (Å²) in [5.41, 5.74) is 2.90. The summed E-state index contributed by atoms with van der Waals surface area (Å²) >= 11 is 1.53. The smallest absolute Gasteiger partial charge is 0.243 e. The molecule has 0 radical (unpaired) electrons. The van der Waals surface area contributed by atoms with Crippen molar-refractivity contribution in [2.75, 3.05) is 5.75 Å². The second-order valence-corrected chi connectivity index (χ2v) is 9.64. The van der Waals surface area contributed by atoms with Gasteiger partial charge in [0, 0.05) is 24.8 Å². The Kier molecular flexibility index (Phi) is 10.4. The van der Waals surface area contributed by atoms with Crippen molar-refractivity contribution in [2.24, 2.45) is 0 Å². The summed E-state index contributed by atoms with van der Waals surface area (Å²) in [4.78, 5) is 28.6. The van der Waals surface area contributed by atoms with Gasteiger partial charge in [-0.2, -0.15) is 0 Å². The number of hydrogen-bond acceptors (Lipinski definition) is 3. The Morgan fingerprint density at radius 3 is 2.09 bits per heavy atom. The maximum Gasteiger partial charge on any atom is 0.243 e. The molecule has 0 saturated carbocycles. The summed E-state index contributed by atoms with van der Waals surface area (Å²) in [6.07, 6.45) is 1.20. The van der Waals surface area contributed by atoms with Gasteiger partial charge >= 0.3 is 0 Å². The molecule has 184 valence electrons. The average Bonchev–Trinajstić information content (AvgIpc) is 2.88. The first kappa shape index (κ1) is 26.5. The maximum atomic E-state index is 13.5. The fourth-order valence-electron chi connectivity index (χ4n) is 3.69. The largest absolute Gasteiger partial charge is 0.352 e. The molecule has 0 aliphatic rings. The van der Waals surface area contributed by atoms with E-state index in [0.29, 0.717) is 12.2 Å². The molecule has 0 unspecified atom stereocenters. The highest BCUT2D eigenvalue weighted by atomic mass is 32.2. The molecular weight excluding hydrogens is 459 g/mol. The Hall–Kier alpha value is -3.12. The molecular formula is C29H33FN2O2S. The fourth-order valence-corrected chi connectivity index (χ4v) is 4.57. The topological polar surface area (TPSA) is 49.4 Å². The summed E-state index contributed by atoms with van der Waals surface area (Å²) in [5, 5.41) is 3.06. The SMILES string of the molecule is CC[C@H](C)NC(=O)[C@@H](Cc1ccccc1)N(Cc1ccc(F)cc1)C(=O)CSCc1ccccc1. The molecule has 0 fully saturated rings. The third-order valence-corrected chi connectivity index (χ3v) is 6.86. The number of nitrogens with zero attached hydrogens (tertiary/aromatic N) is 1. The van der Waals surface area contributed by atoms with Gasteiger partial charge < -0.3 is 10.2 Å². The minimum absolute atomic E-state index is 0.00370. The number of nitrogens with one attached hydrogen (secondary N) is 1. The van der Waals surface area contributed by atoms with E-state index < -0.39 is 6.04 Å². The van der Waals surface area contributed by atoms with Gasteiger partial charge in [-0.25, -0.2) is 4.39 Å². The van der Waals surface area contributed by atoms with Crippen LogP contribution in [-0.4, -0.2) is 34.6 Å². The minimum Gasteiger partial charge on any atom is -0.352 e. The molecule has 4 nitrogen and oxygen atoms in total.